The molecule has 0 bridgehead atoms. The van der Waals surface area contributed by atoms with Crippen LogP contribution in [0.4, 0.5) is 0 Å². The second-order valence-electron chi connectivity index (χ2n) is 8.14. The highest BCUT2D eigenvalue weighted by Gasteiger charge is 2.32. The number of fused-ring (bicyclic) bond motifs is 1. The number of nitrogens with zero attached hydrogens (tertiary/aromatic N) is 3. The second kappa shape index (κ2) is 9.49. The summed E-state index contributed by atoms with van der Waals surface area (Å²) in [4.78, 5) is 17.7. The molecular weight excluding hydrogens is 478 g/mol. The SMILES string of the molecule is COc1cc2sc(=NC(=O)c3ccc(S(=O)(=O)N4C[C@@H](C)O[C@@H](C)C4)cc3)n(C)c2cc1OC. The summed E-state index contributed by atoms with van der Waals surface area (Å²) >= 11 is 1.35. The molecule has 0 aliphatic carbocycles. The molecule has 11 heteroatoms. The highest BCUT2D eigenvalue weighted by Crippen LogP contribution is 2.33. The smallest absolute Gasteiger partial charge is 0.279 e. The predicted octanol–water partition coefficient (Wildman–Crippen LogP) is 2.80. The lowest BCUT2D eigenvalue weighted by Crippen LogP contribution is -2.48. The average molecular weight is 506 g/mol. The summed E-state index contributed by atoms with van der Waals surface area (Å²) in [6.45, 7) is 4.28. The van der Waals surface area contributed by atoms with Gasteiger partial charge in [0.1, 0.15) is 0 Å². The molecule has 1 aromatic heterocycles. The third-order valence-corrected chi connectivity index (χ3v) is 8.58. The molecule has 0 saturated carbocycles. The number of ether oxygens (including phenoxy) is 3. The third kappa shape index (κ3) is 4.61. The zero-order chi connectivity index (χ0) is 24.6. The molecule has 1 aliphatic rings. The van der Waals surface area contributed by atoms with E-state index in [1.807, 2.05) is 33.0 Å². The van der Waals surface area contributed by atoms with E-state index in [0.29, 0.717) is 35.0 Å². The van der Waals surface area contributed by atoms with Crippen molar-refractivity contribution in [2.75, 3.05) is 27.3 Å². The lowest BCUT2D eigenvalue weighted by Gasteiger charge is -2.34. The van der Waals surface area contributed by atoms with Gasteiger partial charge >= 0.3 is 0 Å². The van der Waals surface area contributed by atoms with Gasteiger partial charge in [0.05, 0.1) is 41.5 Å². The van der Waals surface area contributed by atoms with Gasteiger partial charge in [-0.05, 0) is 38.1 Å². The summed E-state index contributed by atoms with van der Waals surface area (Å²) in [5.74, 6) is 0.719. The van der Waals surface area contributed by atoms with Gasteiger partial charge < -0.3 is 18.8 Å². The van der Waals surface area contributed by atoms with E-state index < -0.39 is 15.9 Å². The van der Waals surface area contributed by atoms with E-state index in [2.05, 4.69) is 4.99 Å². The van der Waals surface area contributed by atoms with Gasteiger partial charge in [0.2, 0.25) is 10.0 Å². The maximum atomic E-state index is 13.0. The number of benzene rings is 2. The van der Waals surface area contributed by atoms with Crippen molar-refractivity contribution in [1.29, 1.82) is 0 Å². The zero-order valence-electron chi connectivity index (χ0n) is 19.6. The third-order valence-electron chi connectivity index (χ3n) is 5.64. The minimum absolute atomic E-state index is 0.136. The summed E-state index contributed by atoms with van der Waals surface area (Å²) in [6.07, 6.45) is -0.361. The van der Waals surface area contributed by atoms with Crippen LogP contribution in [0, 0.1) is 0 Å². The Morgan fingerprint density at radius 1 is 1.06 bits per heavy atom. The minimum atomic E-state index is -3.68. The fourth-order valence-corrected chi connectivity index (χ4v) is 6.58. The van der Waals surface area contributed by atoms with Crippen LogP contribution in [0.2, 0.25) is 0 Å². The van der Waals surface area contributed by atoms with E-state index in [1.165, 1.54) is 39.9 Å². The molecule has 4 rings (SSSR count). The molecule has 2 aromatic carbocycles. The van der Waals surface area contributed by atoms with Crippen LogP contribution in [-0.2, 0) is 21.8 Å². The Bertz CT molecular complexity index is 1380. The molecule has 0 spiro atoms. The van der Waals surface area contributed by atoms with Crippen LogP contribution < -0.4 is 14.3 Å². The normalized spacial score (nSPS) is 20.0. The van der Waals surface area contributed by atoms with Crippen LogP contribution in [0.25, 0.3) is 10.2 Å². The lowest BCUT2D eigenvalue weighted by molar-refractivity contribution is -0.0440. The Morgan fingerprint density at radius 3 is 2.24 bits per heavy atom. The Kier molecular flexibility index (Phi) is 6.81. The quantitative estimate of drug-likeness (QED) is 0.529. The van der Waals surface area contributed by atoms with Gasteiger partial charge in [0, 0.05) is 37.8 Å². The summed E-state index contributed by atoms with van der Waals surface area (Å²) in [6, 6.07) is 9.56. The van der Waals surface area contributed by atoms with Gasteiger partial charge in [0.25, 0.3) is 5.91 Å². The highest BCUT2D eigenvalue weighted by atomic mass is 32.2. The van der Waals surface area contributed by atoms with Crippen molar-refractivity contribution >= 4 is 37.5 Å². The molecule has 0 N–H and O–H groups in total. The molecule has 1 aliphatic heterocycles. The number of amides is 1. The van der Waals surface area contributed by atoms with Crippen LogP contribution in [0.5, 0.6) is 11.5 Å². The van der Waals surface area contributed by atoms with Crippen molar-refractivity contribution < 1.29 is 27.4 Å². The van der Waals surface area contributed by atoms with Crippen LogP contribution in [-0.4, -0.2) is 62.7 Å². The first kappa shape index (κ1) is 24.4. The topological polar surface area (TPSA) is 99.4 Å². The first-order chi connectivity index (χ1) is 16.1. The van der Waals surface area contributed by atoms with Crippen molar-refractivity contribution in [1.82, 2.24) is 8.87 Å². The van der Waals surface area contributed by atoms with Crippen molar-refractivity contribution in [3.05, 3.63) is 46.8 Å². The first-order valence-electron chi connectivity index (χ1n) is 10.7. The molecule has 34 heavy (non-hydrogen) atoms. The van der Waals surface area contributed by atoms with Crippen molar-refractivity contribution in [3.63, 3.8) is 0 Å². The molecule has 9 nitrogen and oxygen atoms in total. The Labute approximate surface area is 202 Å². The van der Waals surface area contributed by atoms with Crippen LogP contribution in [0.3, 0.4) is 0 Å². The number of thiazole rings is 1. The molecule has 1 amide bonds. The Morgan fingerprint density at radius 2 is 1.65 bits per heavy atom. The van der Waals surface area contributed by atoms with Gasteiger partial charge in [-0.25, -0.2) is 8.42 Å². The van der Waals surface area contributed by atoms with Crippen molar-refractivity contribution in [2.45, 2.75) is 31.0 Å². The number of carbonyl (C=O) groups excluding carboxylic acids is 1. The maximum absolute atomic E-state index is 13.0. The van der Waals surface area contributed by atoms with Crippen LogP contribution >= 0.6 is 11.3 Å². The van der Waals surface area contributed by atoms with Gasteiger partial charge in [-0.1, -0.05) is 11.3 Å². The summed E-state index contributed by atoms with van der Waals surface area (Å²) in [5.41, 5.74) is 1.15. The maximum Gasteiger partial charge on any atom is 0.279 e. The molecule has 1 fully saturated rings. The number of methoxy groups -OCH3 is 2. The molecule has 2 atom stereocenters. The molecule has 0 radical (unpaired) electrons. The number of hydrogen-bond acceptors (Lipinski definition) is 7. The second-order valence-corrected chi connectivity index (χ2v) is 11.1. The van der Waals surface area contributed by atoms with E-state index in [0.717, 1.165) is 10.2 Å². The lowest BCUT2D eigenvalue weighted by atomic mass is 10.2. The van der Waals surface area contributed by atoms with E-state index >= 15 is 0 Å². The summed E-state index contributed by atoms with van der Waals surface area (Å²) in [7, 11) is 1.27. The standard InChI is InChI=1S/C23H27N3O6S2/c1-14-12-26(13-15(2)32-14)34(28,29)17-8-6-16(7-9-17)22(27)24-23-25(3)18-10-19(30-4)20(31-5)11-21(18)33-23/h6-11,14-15H,12-13H2,1-5H3/t14-,15+. The number of sulfonamides is 1. The van der Waals surface area contributed by atoms with Gasteiger partial charge in [0.15, 0.2) is 16.3 Å². The Balaban J connectivity index is 1.62. The monoisotopic (exact) mass is 505 g/mol. The number of morpholine rings is 1. The van der Waals surface area contributed by atoms with Crippen molar-refractivity contribution in [3.8, 4) is 11.5 Å². The zero-order valence-corrected chi connectivity index (χ0v) is 21.3. The molecule has 0 unspecified atom stereocenters. The number of rotatable bonds is 5. The predicted molar refractivity (Wildman–Crippen MR) is 129 cm³/mol. The average Bonchev–Trinajstić information content (AvgIpc) is 3.11. The van der Waals surface area contributed by atoms with Gasteiger partial charge in [-0.15, -0.1) is 0 Å². The number of aryl methyl sites for hydroxylation is 1. The van der Waals surface area contributed by atoms with Gasteiger partial charge in [-0.3, -0.25) is 4.79 Å². The first-order valence-corrected chi connectivity index (χ1v) is 13.0. The largest absolute Gasteiger partial charge is 0.493 e. The van der Waals surface area contributed by atoms with Crippen molar-refractivity contribution in [2.24, 2.45) is 12.0 Å². The van der Waals surface area contributed by atoms with E-state index in [-0.39, 0.29) is 17.1 Å². The van der Waals surface area contributed by atoms with E-state index in [1.54, 1.807) is 18.8 Å². The summed E-state index contributed by atoms with van der Waals surface area (Å²) in [5, 5.41) is 0. The highest BCUT2D eigenvalue weighted by molar-refractivity contribution is 7.89. The fraction of sp³-hybridized carbons (Fsp3) is 0.391. The fourth-order valence-electron chi connectivity index (χ4n) is 3.96. The Hall–Kier alpha value is -2.73. The molecule has 3 aromatic rings. The van der Waals surface area contributed by atoms with E-state index in [9.17, 15) is 13.2 Å². The molecule has 1 saturated heterocycles. The summed E-state index contributed by atoms with van der Waals surface area (Å²) < 4.78 is 46.5. The molecule has 182 valence electrons. The molecular formula is C23H27N3O6S2. The van der Waals surface area contributed by atoms with Crippen LogP contribution in [0.15, 0.2) is 46.3 Å². The van der Waals surface area contributed by atoms with E-state index in [4.69, 9.17) is 14.2 Å². The number of hydrogen-bond donors (Lipinski definition) is 0. The molecule has 2 heterocycles. The van der Waals surface area contributed by atoms with Crippen LogP contribution in [0.1, 0.15) is 24.2 Å². The number of aromatic nitrogens is 1. The van der Waals surface area contributed by atoms with Gasteiger partial charge in [-0.2, -0.15) is 9.30 Å². The minimum Gasteiger partial charge on any atom is -0.493 e. The number of carbonyl (C=O) groups is 1.